The Bertz CT molecular complexity index is 437. The van der Waals surface area contributed by atoms with Crippen LogP contribution in [-0.4, -0.2) is 49.5 Å². The highest BCUT2D eigenvalue weighted by Crippen LogP contribution is 2.10. The van der Waals surface area contributed by atoms with Crippen molar-refractivity contribution in [3.8, 4) is 0 Å². The van der Waals surface area contributed by atoms with E-state index in [0.29, 0.717) is 11.8 Å². The Kier molecular flexibility index (Phi) is 13.0. The molecule has 0 saturated carbocycles. The van der Waals surface area contributed by atoms with E-state index in [4.69, 9.17) is 9.26 Å². The molecule has 23 heavy (non-hydrogen) atoms. The minimum atomic E-state index is 0. The van der Waals surface area contributed by atoms with E-state index in [-0.39, 0.29) is 24.0 Å². The Morgan fingerprint density at radius 2 is 1.96 bits per heavy atom. The second kappa shape index (κ2) is 13.5. The molecule has 0 aromatic carbocycles. The van der Waals surface area contributed by atoms with E-state index >= 15 is 0 Å². The van der Waals surface area contributed by atoms with Crippen LogP contribution in [0.25, 0.3) is 0 Å². The Morgan fingerprint density at radius 1 is 1.26 bits per heavy atom. The summed E-state index contributed by atoms with van der Waals surface area (Å²) in [4.78, 5) is 8.54. The minimum absolute atomic E-state index is 0. The molecule has 1 aromatic heterocycles. The predicted octanol–water partition coefficient (Wildman–Crippen LogP) is 2.34. The maximum atomic E-state index is 5.29. The fraction of sp³-hybridized carbons (Fsp3) is 0.800. The largest absolute Gasteiger partial charge is 0.382 e. The van der Waals surface area contributed by atoms with Crippen LogP contribution < -0.4 is 10.6 Å². The first-order valence-electron chi connectivity index (χ1n) is 8.02. The minimum Gasteiger partial charge on any atom is -0.382 e. The second-order valence-electron chi connectivity index (χ2n) is 5.28. The first-order valence-corrected chi connectivity index (χ1v) is 8.02. The molecule has 0 atom stereocenters. The van der Waals surface area contributed by atoms with Gasteiger partial charge < -0.3 is 19.9 Å². The van der Waals surface area contributed by atoms with E-state index in [9.17, 15) is 0 Å². The van der Waals surface area contributed by atoms with Crippen molar-refractivity contribution in [2.24, 2.45) is 4.99 Å². The smallest absolute Gasteiger partial charge is 0.226 e. The van der Waals surface area contributed by atoms with Gasteiger partial charge in [0.05, 0.1) is 0 Å². The fourth-order valence-corrected chi connectivity index (χ4v) is 1.80. The average Bonchev–Trinajstić information content (AvgIpc) is 2.98. The Hall–Kier alpha value is -0.900. The van der Waals surface area contributed by atoms with Gasteiger partial charge in [-0.3, -0.25) is 4.99 Å². The molecule has 1 heterocycles. The third-order valence-corrected chi connectivity index (χ3v) is 3.05. The van der Waals surface area contributed by atoms with Crippen molar-refractivity contribution in [1.82, 2.24) is 20.8 Å². The highest BCUT2D eigenvalue weighted by Gasteiger charge is 2.09. The number of aliphatic imine (C=N–C) groups is 1. The summed E-state index contributed by atoms with van der Waals surface area (Å²) >= 11 is 0. The SMILES string of the molecule is CCOCCCNC(=NC)NCCCc1nc(C(C)C)no1.I. The lowest BCUT2D eigenvalue weighted by atomic mass is 10.2. The summed E-state index contributed by atoms with van der Waals surface area (Å²) in [6.45, 7) is 9.30. The normalized spacial score (nSPS) is 11.4. The van der Waals surface area contributed by atoms with Crippen molar-refractivity contribution in [1.29, 1.82) is 0 Å². The highest BCUT2D eigenvalue weighted by molar-refractivity contribution is 14.0. The molecular formula is C15H30IN5O2. The van der Waals surface area contributed by atoms with E-state index in [1.165, 1.54) is 0 Å². The lowest BCUT2D eigenvalue weighted by Crippen LogP contribution is -2.38. The summed E-state index contributed by atoms with van der Waals surface area (Å²) in [6.07, 6.45) is 2.65. The van der Waals surface area contributed by atoms with Crippen LogP contribution in [0.15, 0.2) is 9.52 Å². The molecule has 0 fully saturated rings. The summed E-state index contributed by atoms with van der Waals surface area (Å²) in [5, 5.41) is 10.5. The Labute approximate surface area is 156 Å². The monoisotopic (exact) mass is 439 g/mol. The average molecular weight is 439 g/mol. The molecule has 1 rings (SSSR count). The van der Waals surface area contributed by atoms with Crippen LogP contribution in [0.2, 0.25) is 0 Å². The van der Waals surface area contributed by atoms with Gasteiger partial charge >= 0.3 is 0 Å². The Balaban J connectivity index is 0.00000484. The van der Waals surface area contributed by atoms with Crippen molar-refractivity contribution in [2.75, 3.05) is 33.4 Å². The lowest BCUT2D eigenvalue weighted by molar-refractivity contribution is 0.145. The van der Waals surface area contributed by atoms with Crippen molar-refractivity contribution in [3.63, 3.8) is 0 Å². The number of guanidine groups is 1. The number of hydrogen-bond acceptors (Lipinski definition) is 5. The summed E-state index contributed by atoms with van der Waals surface area (Å²) in [7, 11) is 1.77. The van der Waals surface area contributed by atoms with E-state index in [1.807, 2.05) is 6.92 Å². The zero-order chi connectivity index (χ0) is 16.2. The molecule has 0 unspecified atom stereocenters. The molecule has 0 aliphatic carbocycles. The van der Waals surface area contributed by atoms with Crippen LogP contribution in [0.3, 0.4) is 0 Å². The predicted molar refractivity (Wildman–Crippen MR) is 103 cm³/mol. The molecule has 0 amide bonds. The number of aryl methyl sites for hydroxylation is 1. The van der Waals surface area contributed by atoms with Gasteiger partial charge in [0.1, 0.15) is 0 Å². The third-order valence-electron chi connectivity index (χ3n) is 3.05. The van der Waals surface area contributed by atoms with E-state index < -0.39 is 0 Å². The van der Waals surface area contributed by atoms with Gasteiger partial charge in [-0.2, -0.15) is 4.98 Å². The molecule has 0 aliphatic rings. The zero-order valence-electron chi connectivity index (χ0n) is 14.6. The van der Waals surface area contributed by atoms with Crippen molar-refractivity contribution in [2.45, 2.75) is 46.0 Å². The molecule has 0 radical (unpaired) electrons. The van der Waals surface area contributed by atoms with Gasteiger partial charge in [-0.15, -0.1) is 24.0 Å². The van der Waals surface area contributed by atoms with Crippen LogP contribution >= 0.6 is 24.0 Å². The molecular weight excluding hydrogens is 409 g/mol. The molecule has 8 heteroatoms. The second-order valence-corrected chi connectivity index (χ2v) is 5.28. The Morgan fingerprint density at radius 3 is 2.52 bits per heavy atom. The molecule has 0 saturated heterocycles. The fourth-order valence-electron chi connectivity index (χ4n) is 1.80. The van der Waals surface area contributed by atoms with E-state index in [0.717, 1.165) is 57.3 Å². The van der Waals surface area contributed by atoms with Crippen LogP contribution in [-0.2, 0) is 11.2 Å². The van der Waals surface area contributed by atoms with Gasteiger partial charge in [-0.1, -0.05) is 19.0 Å². The molecule has 0 spiro atoms. The van der Waals surface area contributed by atoms with E-state index in [1.54, 1.807) is 7.05 Å². The van der Waals surface area contributed by atoms with Gasteiger partial charge in [0.15, 0.2) is 11.8 Å². The standard InChI is InChI=1S/C15H29N5O2.HI/c1-5-21-11-7-10-18-15(16-4)17-9-6-8-13-19-14(12(2)3)20-22-13;/h12H,5-11H2,1-4H3,(H2,16,17,18);1H. The van der Waals surface area contributed by atoms with Crippen LogP contribution in [0.5, 0.6) is 0 Å². The molecule has 1 aromatic rings. The van der Waals surface area contributed by atoms with Gasteiger partial charge in [0.2, 0.25) is 5.89 Å². The summed E-state index contributed by atoms with van der Waals surface area (Å²) in [5.74, 6) is 2.58. The number of ether oxygens (including phenoxy) is 1. The topological polar surface area (TPSA) is 84.6 Å². The summed E-state index contributed by atoms with van der Waals surface area (Å²) < 4.78 is 10.5. The maximum absolute atomic E-state index is 5.29. The number of nitrogens with zero attached hydrogens (tertiary/aromatic N) is 3. The number of halogens is 1. The van der Waals surface area contributed by atoms with Crippen LogP contribution in [0, 0.1) is 0 Å². The van der Waals surface area contributed by atoms with Crippen molar-refractivity contribution >= 4 is 29.9 Å². The number of aromatic nitrogens is 2. The molecule has 0 bridgehead atoms. The summed E-state index contributed by atoms with van der Waals surface area (Å²) in [6, 6.07) is 0. The van der Waals surface area contributed by atoms with Crippen molar-refractivity contribution in [3.05, 3.63) is 11.7 Å². The van der Waals surface area contributed by atoms with Crippen LogP contribution in [0.4, 0.5) is 0 Å². The maximum Gasteiger partial charge on any atom is 0.226 e. The van der Waals surface area contributed by atoms with E-state index in [2.05, 4.69) is 39.6 Å². The van der Waals surface area contributed by atoms with Gasteiger partial charge in [0.25, 0.3) is 0 Å². The third kappa shape index (κ3) is 9.75. The quantitative estimate of drug-likeness (QED) is 0.252. The highest BCUT2D eigenvalue weighted by atomic mass is 127. The van der Waals surface area contributed by atoms with Gasteiger partial charge in [-0.05, 0) is 19.8 Å². The van der Waals surface area contributed by atoms with Crippen LogP contribution in [0.1, 0.15) is 51.2 Å². The number of hydrogen-bond donors (Lipinski definition) is 2. The van der Waals surface area contributed by atoms with Gasteiger partial charge in [0, 0.05) is 45.7 Å². The molecule has 134 valence electrons. The first-order chi connectivity index (χ1) is 10.7. The summed E-state index contributed by atoms with van der Waals surface area (Å²) in [5.41, 5.74) is 0. The number of rotatable bonds is 10. The van der Waals surface area contributed by atoms with Crippen molar-refractivity contribution < 1.29 is 9.26 Å². The van der Waals surface area contributed by atoms with Gasteiger partial charge in [-0.25, -0.2) is 0 Å². The molecule has 7 nitrogen and oxygen atoms in total. The lowest BCUT2D eigenvalue weighted by Gasteiger charge is -2.11. The molecule has 2 N–H and O–H groups in total. The molecule has 0 aliphatic heterocycles. The first kappa shape index (κ1) is 22.1. The zero-order valence-corrected chi connectivity index (χ0v) is 16.9. The number of nitrogens with one attached hydrogen (secondary N) is 2.